The number of pyridine rings is 1. The number of thiazole rings is 1. The Bertz CT molecular complexity index is 1160. The van der Waals surface area contributed by atoms with E-state index < -0.39 is 12.1 Å². The van der Waals surface area contributed by atoms with Crippen LogP contribution in [0.2, 0.25) is 0 Å². The largest absolute Gasteiger partial charge is 0.479 e. The van der Waals surface area contributed by atoms with E-state index in [-0.39, 0.29) is 12.5 Å². The van der Waals surface area contributed by atoms with Crippen molar-refractivity contribution in [2.45, 2.75) is 40.2 Å². The van der Waals surface area contributed by atoms with E-state index >= 15 is 0 Å². The van der Waals surface area contributed by atoms with Crippen molar-refractivity contribution in [1.29, 1.82) is 0 Å². The summed E-state index contributed by atoms with van der Waals surface area (Å²) in [7, 11) is 0. The zero-order valence-corrected chi connectivity index (χ0v) is 20.0. The van der Waals surface area contributed by atoms with Gasteiger partial charge in [-0.05, 0) is 56.5 Å². The van der Waals surface area contributed by atoms with Gasteiger partial charge in [-0.25, -0.2) is 4.98 Å². The van der Waals surface area contributed by atoms with Gasteiger partial charge in [0.05, 0.1) is 23.7 Å². The van der Waals surface area contributed by atoms with Gasteiger partial charge >= 0.3 is 5.97 Å². The highest BCUT2D eigenvalue weighted by molar-refractivity contribution is 7.15. The second kappa shape index (κ2) is 9.70. The van der Waals surface area contributed by atoms with E-state index in [4.69, 9.17) is 14.5 Å². The molecule has 0 spiro atoms. The Kier molecular flexibility index (Phi) is 6.74. The van der Waals surface area contributed by atoms with Gasteiger partial charge in [0, 0.05) is 16.6 Å². The van der Waals surface area contributed by atoms with Crippen LogP contribution in [-0.2, 0) is 14.3 Å². The molecule has 1 aromatic carbocycles. The zero-order chi connectivity index (χ0) is 23.5. The maximum absolute atomic E-state index is 12.9. The van der Waals surface area contributed by atoms with Crippen molar-refractivity contribution in [3.05, 3.63) is 47.5 Å². The van der Waals surface area contributed by atoms with Crippen molar-refractivity contribution < 1.29 is 19.1 Å². The second-order valence-corrected chi connectivity index (χ2v) is 9.61. The van der Waals surface area contributed by atoms with Crippen LogP contribution < -0.4 is 9.64 Å². The molecule has 1 aliphatic heterocycles. The molecule has 0 radical (unpaired) electrons. The summed E-state index contributed by atoms with van der Waals surface area (Å²) < 4.78 is 11.1. The summed E-state index contributed by atoms with van der Waals surface area (Å²) in [6.07, 6.45) is 1.85. The molecule has 3 heterocycles. The van der Waals surface area contributed by atoms with Gasteiger partial charge in [0.1, 0.15) is 17.3 Å². The van der Waals surface area contributed by atoms with E-state index in [1.165, 1.54) is 4.90 Å². The molecule has 0 N–H and O–H groups in total. The monoisotopic (exact) mass is 465 g/mol. The molecule has 0 saturated heterocycles. The molecular formula is C25H27N3O4S. The number of aryl methyl sites for hydroxylation is 1. The lowest BCUT2D eigenvalue weighted by Crippen LogP contribution is -2.47. The highest BCUT2D eigenvalue weighted by Gasteiger charge is 2.33. The smallest absolute Gasteiger partial charge is 0.326 e. The molecule has 1 amide bonds. The lowest BCUT2D eigenvalue weighted by atomic mass is 10.1. The Morgan fingerprint density at radius 3 is 2.82 bits per heavy atom. The lowest BCUT2D eigenvalue weighted by molar-refractivity contribution is -0.143. The minimum Gasteiger partial charge on any atom is -0.479 e. The standard InChI is InChI=1S/C25H27N3O4S/c1-15(2)10-12-31-22(29)14-28-20-13-18(8-9-21(20)32-16(3)25(28)30)23-17(4)33-24(27-23)19-7-5-6-11-26-19/h5-9,11,13,15-16H,10,12,14H2,1-4H3. The van der Waals surface area contributed by atoms with Crippen LogP contribution in [0.3, 0.4) is 0 Å². The molecule has 1 aliphatic rings. The second-order valence-electron chi connectivity index (χ2n) is 8.41. The number of esters is 1. The molecule has 8 heteroatoms. The first kappa shape index (κ1) is 22.9. The molecule has 3 aromatic rings. The molecule has 7 nitrogen and oxygen atoms in total. The van der Waals surface area contributed by atoms with Crippen molar-refractivity contribution in [3.8, 4) is 27.7 Å². The summed E-state index contributed by atoms with van der Waals surface area (Å²) in [4.78, 5) is 37.0. The van der Waals surface area contributed by atoms with Gasteiger partial charge in [0.15, 0.2) is 6.10 Å². The Morgan fingerprint density at radius 2 is 2.09 bits per heavy atom. The van der Waals surface area contributed by atoms with Crippen LogP contribution in [0, 0.1) is 12.8 Å². The van der Waals surface area contributed by atoms with E-state index in [1.54, 1.807) is 24.5 Å². The van der Waals surface area contributed by atoms with Crippen LogP contribution >= 0.6 is 11.3 Å². The first-order chi connectivity index (χ1) is 15.8. The van der Waals surface area contributed by atoms with Crippen molar-refractivity contribution in [1.82, 2.24) is 9.97 Å². The Balaban J connectivity index is 1.63. The quantitative estimate of drug-likeness (QED) is 0.463. The number of aromatic nitrogens is 2. The molecule has 172 valence electrons. The highest BCUT2D eigenvalue weighted by Crippen LogP contribution is 2.39. The van der Waals surface area contributed by atoms with Gasteiger partial charge < -0.3 is 9.47 Å². The topological polar surface area (TPSA) is 81.6 Å². The maximum Gasteiger partial charge on any atom is 0.326 e. The van der Waals surface area contributed by atoms with Crippen LogP contribution in [0.1, 0.15) is 32.1 Å². The third-order valence-corrected chi connectivity index (χ3v) is 6.36. The normalized spacial score (nSPS) is 15.4. The summed E-state index contributed by atoms with van der Waals surface area (Å²) in [5.74, 6) is 0.281. The first-order valence-corrected chi connectivity index (χ1v) is 11.8. The summed E-state index contributed by atoms with van der Waals surface area (Å²) in [6, 6.07) is 11.3. The minimum absolute atomic E-state index is 0.156. The minimum atomic E-state index is -0.677. The summed E-state index contributed by atoms with van der Waals surface area (Å²) in [5, 5.41) is 0.826. The molecule has 33 heavy (non-hydrogen) atoms. The Morgan fingerprint density at radius 1 is 1.27 bits per heavy atom. The van der Waals surface area contributed by atoms with Crippen LogP contribution in [0.4, 0.5) is 5.69 Å². The van der Waals surface area contributed by atoms with Crippen LogP contribution in [0.15, 0.2) is 42.6 Å². The number of fused-ring (bicyclic) bond motifs is 1. The summed E-state index contributed by atoms with van der Waals surface area (Å²) in [6.45, 7) is 8.01. The average Bonchev–Trinajstić information content (AvgIpc) is 3.18. The number of nitrogens with zero attached hydrogens (tertiary/aromatic N) is 3. The Labute approximate surface area is 197 Å². The van der Waals surface area contributed by atoms with Crippen molar-refractivity contribution >= 4 is 28.9 Å². The molecule has 1 atom stereocenters. The third-order valence-electron chi connectivity index (χ3n) is 5.37. The van der Waals surface area contributed by atoms with Gasteiger partial charge in [0.25, 0.3) is 5.91 Å². The predicted octanol–water partition coefficient (Wildman–Crippen LogP) is 4.88. The van der Waals surface area contributed by atoms with E-state index in [1.807, 2.05) is 43.3 Å². The van der Waals surface area contributed by atoms with E-state index in [2.05, 4.69) is 18.8 Å². The van der Waals surface area contributed by atoms with Gasteiger partial charge in [-0.3, -0.25) is 19.5 Å². The van der Waals surface area contributed by atoms with Gasteiger partial charge in [-0.2, -0.15) is 0 Å². The lowest BCUT2D eigenvalue weighted by Gasteiger charge is -2.32. The van der Waals surface area contributed by atoms with Gasteiger partial charge in [0.2, 0.25) is 0 Å². The number of hydrogen-bond acceptors (Lipinski definition) is 7. The summed E-state index contributed by atoms with van der Waals surface area (Å²) >= 11 is 1.56. The third kappa shape index (κ3) is 5.06. The van der Waals surface area contributed by atoms with Crippen LogP contribution in [0.25, 0.3) is 22.0 Å². The van der Waals surface area contributed by atoms with Crippen LogP contribution in [-0.4, -0.2) is 41.1 Å². The fourth-order valence-electron chi connectivity index (χ4n) is 3.56. The summed E-state index contributed by atoms with van der Waals surface area (Å²) in [5.41, 5.74) is 3.01. The molecule has 0 fully saturated rings. The van der Waals surface area contributed by atoms with Crippen molar-refractivity contribution in [2.24, 2.45) is 5.92 Å². The zero-order valence-electron chi connectivity index (χ0n) is 19.2. The number of carbonyl (C=O) groups is 2. The molecule has 2 aromatic heterocycles. The predicted molar refractivity (Wildman–Crippen MR) is 128 cm³/mol. The number of amides is 1. The van der Waals surface area contributed by atoms with Gasteiger partial charge in [-0.15, -0.1) is 11.3 Å². The highest BCUT2D eigenvalue weighted by atomic mass is 32.1. The molecule has 1 unspecified atom stereocenters. The Hall–Kier alpha value is -3.26. The maximum atomic E-state index is 12.9. The fourth-order valence-corrected chi connectivity index (χ4v) is 4.48. The van der Waals surface area contributed by atoms with Crippen LogP contribution in [0.5, 0.6) is 5.75 Å². The number of carbonyl (C=O) groups excluding carboxylic acids is 2. The molecule has 4 rings (SSSR count). The molecule has 0 bridgehead atoms. The van der Waals surface area contributed by atoms with E-state index in [0.717, 1.165) is 33.3 Å². The van der Waals surface area contributed by atoms with Crippen molar-refractivity contribution in [2.75, 3.05) is 18.1 Å². The SMILES string of the molecule is Cc1sc(-c2ccccn2)nc1-c1ccc2c(c1)N(CC(=O)OCCC(C)C)C(=O)C(C)O2. The fraction of sp³-hybridized carbons (Fsp3) is 0.360. The van der Waals surface area contributed by atoms with Crippen molar-refractivity contribution in [3.63, 3.8) is 0 Å². The number of benzene rings is 1. The average molecular weight is 466 g/mol. The molecular weight excluding hydrogens is 438 g/mol. The number of anilines is 1. The van der Waals surface area contributed by atoms with E-state index in [0.29, 0.717) is 24.0 Å². The molecule has 0 aliphatic carbocycles. The number of hydrogen-bond donors (Lipinski definition) is 0. The first-order valence-electron chi connectivity index (χ1n) is 11.0. The van der Waals surface area contributed by atoms with E-state index in [9.17, 15) is 9.59 Å². The van der Waals surface area contributed by atoms with Gasteiger partial charge in [-0.1, -0.05) is 19.9 Å². The number of ether oxygens (including phenoxy) is 2. The number of rotatable bonds is 7. The molecule has 0 saturated carbocycles.